The van der Waals surface area contributed by atoms with E-state index in [0.717, 1.165) is 24.0 Å². The van der Waals surface area contributed by atoms with E-state index < -0.39 is 18.0 Å². The lowest BCUT2D eigenvalue weighted by Crippen LogP contribution is -2.21. The fourth-order valence-electron chi connectivity index (χ4n) is 1.21. The van der Waals surface area contributed by atoms with Crippen molar-refractivity contribution in [2.45, 2.75) is 19.1 Å². The highest BCUT2D eigenvalue weighted by molar-refractivity contribution is 8.13. The summed E-state index contributed by atoms with van der Waals surface area (Å²) in [4.78, 5) is 14.2. The van der Waals surface area contributed by atoms with E-state index in [0.29, 0.717) is 0 Å². The quantitative estimate of drug-likeness (QED) is 0.839. The Morgan fingerprint density at radius 3 is 2.83 bits per heavy atom. The van der Waals surface area contributed by atoms with Gasteiger partial charge in [-0.25, -0.2) is 9.37 Å². The van der Waals surface area contributed by atoms with Crippen molar-refractivity contribution in [2.75, 3.05) is 5.75 Å². The van der Waals surface area contributed by atoms with Crippen LogP contribution in [-0.2, 0) is 4.79 Å². The normalized spacial score (nSPS) is 13.7. The molecule has 2 unspecified atom stereocenters. The van der Waals surface area contributed by atoms with Crippen molar-refractivity contribution < 1.29 is 19.4 Å². The van der Waals surface area contributed by atoms with Crippen LogP contribution < -0.4 is 0 Å². The summed E-state index contributed by atoms with van der Waals surface area (Å²) in [6, 6.07) is 2.49. The lowest BCUT2D eigenvalue weighted by molar-refractivity contribution is -0.109. The molecule has 0 saturated heterocycles. The maximum Gasteiger partial charge on any atom is 0.185 e. The van der Waals surface area contributed by atoms with Crippen LogP contribution in [0.4, 0.5) is 4.39 Å². The number of aliphatic hydroxyl groups is 2. The lowest BCUT2D eigenvalue weighted by Gasteiger charge is -2.17. The summed E-state index contributed by atoms with van der Waals surface area (Å²) < 4.78 is 13.3. The second kappa shape index (κ2) is 6.44. The second-order valence-corrected chi connectivity index (χ2v) is 4.72. The number of hydrogen-bond acceptors (Lipinski definition) is 6. The second-order valence-electron chi connectivity index (χ2n) is 3.53. The number of halogens is 1. The monoisotopic (exact) mass is 270 g/mol. The van der Waals surface area contributed by atoms with E-state index in [4.69, 9.17) is 5.26 Å². The average Bonchev–Trinajstić information content (AvgIpc) is 2.34. The molecule has 0 aromatic carbocycles. The van der Waals surface area contributed by atoms with Crippen molar-refractivity contribution in [1.82, 2.24) is 4.98 Å². The van der Waals surface area contributed by atoms with Crippen LogP contribution in [0.3, 0.4) is 0 Å². The third-order valence-electron chi connectivity index (χ3n) is 2.13. The molecule has 0 aliphatic carbocycles. The van der Waals surface area contributed by atoms with Gasteiger partial charge in [-0.15, -0.1) is 0 Å². The SMILES string of the molecule is CC(=O)SCC(O)C(O)c1cnc(C#N)c(F)c1. The Morgan fingerprint density at radius 2 is 2.33 bits per heavy atom. The van der Waals surface area contributed by atoms with Crippen molar-refractivity contribution >= 4 is 16.9 Å². The fraction of sp³-hybridized carbons (Fsp3) is 0.364. The number of pyridine rings is 1. The smallest absolute Gasteiger partial charge is 0.185 e. The number of aliphatic hydroxyl groups excluding tert-OH is 2. The van der Waals surface area contributed by atoms with Gasteiger partial charge in [-0.05, 0) is 6.07 Å². The molecule has 1 rings (SSSR count). The van der Waals surface area contributed by atoms with Gasteiger partial charge >= 0.3 is 0 Å². The molecule has 0 spiro atoms. The van der Waals surface area contributed by atoms with Gasteiger partial charge in [-0.2, -0.15) is 5.26 Å². The summed E-state index contributed by atoms with van der Waals surface area (Å²) in [5.41, 5.74) is -0.318. The molecule has 1 aromatic heterocycles. The first-order chi connectivity index (χ1) is 8.45. The number of rotatable bonds is 4. The van der Waals surface area contributed by atoms with Gasteiger partial charge in [-0.3, -0.25) is 4.79 Å². The summed E-state index contributed by atoms with van der Waals surface area (Å²) >= 11 is 0.859. The first-order valence-electron chi connectivity index (χ1n) is 5.00. The molecule has 5 nitrogen and oxygen atoms in total. The minimum Gasteiger partial charge on any atom is -0.389 e. The van der Waals surface area contributed by atoms with Crippen LogP contribution in [0.1, 0.15) is 24.3 Å². The summed E-state index contributed by atoms with van der Waals surface area (Å²) in [5.74, 6) is -0.863. The van der Waals surface area contributed by atoms with Crippen molar-refractivity contribution in [1.29, 1.82) is 5.26 Å². The zero-order valence-corrected chi connectivity index (χ0v) is 10.3. The Labute approximate surface area is 107 Å². The van der Waals surface area contributed by atoms with Crippen LogP contribution in [0, 0.1) is 17.1 Å². The van der Waals surface area contributed by atoms with Gasteiger partial charge in [0.05, 0.1) is 6.10 Å². The number of carbonyl (C=O) groups excluding carboxylic acids is 1. The highest BCUT2D eigenvalue weighted by atomic mass is 32.2. The molecule has 0 saturated carbocycles. The van der Waals surface area contributed by atoms with E-state index in [-0.39, 0.29) is 22.1 Å². The molecule has 18 heavy (non-hydrogen) atoms. The first-order valence-corrected chi connectivity index (χ1v) is 5.99. The zero-order valence-electron chi connectivity index (χ0n) is 9.50. The zero-order chi connectivity index (χ0) is 13.7. The molecule has 1 aromatic rings. The van der Waals surface area contributed by atoms with Crippen LogP contribution in [0.25, 0.3) is 0 Å². The third kappa shape index (κ3) is 3.77. The number of nitrogens with zero attached hydrogens (tertiary/aromatic N) is 2. The number of carbonyl (C=O) groups is 1. The molecule has 0 radical (unpaired) electrons. The van der Waals surface area contributed by atoms with Crippen molar-refractivity contribution in [3.05, 3.63) is 29.3 Å². The number of hydrogen-bond donors (Lipinski definition) is 2. The number of nitriles is 1. The lowest BCUT2D eigenvalue weighted by atomic mass is 10.1. The standard InChI is InChI=1S/C11H11FN2O3S/c1-6(15)18-5-10(16)11(17)7-2-8(12)9(3-13)14-4-7/h2,4,10-11,16-17H,5H2,1H3. The fourth-order valence-corrected chi connectivity index (χ4v) is 1.80. The number of thioether (sulfide) groups is 1. The van der Waals surface area contributed by atoms with Gasteiger partial charge in [0.1, 0.15) is 12.2 Å². The molecule has 2 N–H and O–H groups in total. The summed E-state index contributed by atoms with van der Waals surface area (Å²) in [6.45, 7) is 1.34. The predicted molar refractivity (Wildman–Crippen MR) is 63.0 cm³/mol. The van der Waals surface area contributed by atoms with Crippen molar-refractivity contribution in [3.63, 3.8) is 0 Å². The average molecular weight is 270 g/mol. The largest absolute Gasteiger partial charge is 0.389 e. The van der Waals surface area contributed by atoms with Gasteiger partial charge in [-0.1, -0.05) is 11.8 Å². The van der Waals surface area contributed by atoms with Crippen LogP contribution in [-0.4, -0.2) is 32.2 Å². The molecular weight excluding hydrogens is 259 g/mol. The van der Waals surface area contributed by atoms with Gasteiger partial charge < -0.3 is 10.2 Å². The molecule has 7 heteroatoms. The van der Waals surface area contributed by atoms with Crippen molar-refractivity contribution in [2.24, 2.45) is 0 Å². The molecule has 0 bridgehead atoms. The van der Waals surface area contributed by atoms with Crippen LogP contribution in [0.5, 0.6) is 0 Å². The highest BCUT2D eigenvalue weighted by Crippen LogP contribution is 2.20. The minimum atomic E-state index is -1.36. The van der Waals surface area contributed by atoms with Gasteiger partial charge in [0.2, 0.25) is 0 Å². The molecular formula is C11H11FN2O3S. The molecule has 0 fully saturated rings. The molecule has 0 aliphatic rings. The van der Waals surface area contributed by atoms with E-state index in [9.17, 15) is 19.4 Å². The maximum absolute atomic E-state index is 13.3. The molecule has 2 atom stereocenters. The van der Waals surface area contributed by atoms with Gasteiger partial charge in [0, 0.05) is 24.4 Å². The van der Waals surface area contributed by atoms with Crippen LogP contribution in [0.15, 0.2) is 12.3 Å². The third-order valence-corrected chi connectivity index (χ3v) is 3.05. The van der Waals surface area contributed by atoms with Gasteiger partial charge in [0.15, 0.2) is 16.6 Å². The summed E-state index contributed by atoms with van der Waals surface area (Å²) in [7, 11) is 0. The Morgan fingerprint density at radius 1 is 1.67 bits per heavy atom. The van der Waals surface area contributed by atoms with Gasteiger partial charge in [0.25, 0.3) is 0 Å². The van der Waals surface area contributed by atoms with Crippen molar-refractivity contribution in [3.8, 4) is 6.07 Å². The van der Waals surface area contributed by atoms with E-state index in [1.165, 1.54) is 6.92 Å². The molecule has 1 heterocycles. The Hall–Kier alpha value is -1.49. The molecule has 96 valence electrons. The Balaban J connectivity index is 2.78. The number of aromatic nitrogens is 1. The highest BCUT2D eigenvalue weighted by Gasteiger charge is 2.20. The topological polar surface area (TPSA) is 94.2 Å². The molecule has 0 aliphatic heterocycles. The first kappa shape index (κ1) is 14.6. The van der Waals surface area contributed by atoms with E-state index in [1.807, 2.05) is 0 Å². The Bertz CT molecular complexity index is 490. The van der Waals surface area contributed by atoms with Crippen LogP contribution in [0.2, 0.25) is 0 Å². The Kier molecular flexibility index (Phi) is 5.22. The maximum atomic E-state index is 13.3. The van der Waals surface area contributed by atoms with Crippen LogP contribution >= 0.6 is 11.8 Å². The minimum absolute atomic E-state index is 0.00186. The summed E-state index contributed by atoms with van der Waals surface area (Å²) in [6.07, 6.45) is -1.45. The van der Waals surface area contributed by atoms with E-state index >= 15 is 0 Å². The van der Waals surface area contributed by atoms with E-state index in [2.05, 4.69) is 4.98 Å². The molecule has 0 amide bonds. The predicted octanol–water partition coefficient (Wildman–Crippen LogP) is 0.766. The summed E-state index contributed by atoms with van der Waals surface area (Å²) in [5, 5.41) is 27.6. The van der Waals surface area contributed by atoms with E-state index in [1.54, 1.807) is 6.07 Å².